The van der Waals surface area contributed by atoms with E-state index in [1.807, 2.05) is 6.07 Å². The van der Waals surface area contributed by atoms with Gasteiger partial charge in [0.1, 0.15) is 6.04 Å². The van der Waals surface area contributed by atoms with E-state index < -0.39 is 12.0 Å². The van der Waals surface area contributed by atoms with Crippen LogP contribution in [0.1, 0.15) is 22.7 Å². The maximum Gasteiger partial charge on any atom is 0.325 e. The van der Waals surface area contributed by atoms with Crippen LogP contribution >= 0.6 is 0 Å². The maximum atomic E-state index is 10.6. The first-order valence-electron chi connectivity index (χ1n) is 4.36. The zero-order chi connectivity index (χ0) is 10.1. The second kappa shape index (κ2) is 3.40. The number of aliphatic carboxylic acids is 1. The molecule has 74 valence electrons. The Kier molecular flexibility index (Phi) is 2.23. The average molecular weight is 193 g/mol. The summed E-state index contributed by atoms with van der Waals surface area (Å²) >= 11 is 0. The van der Waals surface area contributed by atoms with Crippen molar-refractivity contribution in [3.63, 3.8) is 0 Å². The minimum absolute atomic E-state index is 0.551. The summed E-state index contributed by atoms with van der Waals surface area (Å²) in [4.78, 5) is 10.6. The van der Waals surface area contributed by atoms with Crippen LogP contribution in [0.15, 0.2) is 18.2 Å². The van der Waals surface area contributed by atoms with Crippen molar-refractivity contribution >= 4 is 5.97 Å². The van der Waals surface area contributed by atoms with Crippen LogP contribution < -0.4 is 5.73 Å². The van der Waals surface area contributed by atoms with E-state index in [2.05, 4.69) is 0 Å². The number of carboxylic acid groups (broad SMARTS) is 1. The smallest absolute Gasteiger partial charge is 0.325 e. The third kappa shape index (κ3) is 1.49. The van der Waals surface area contributed by atoms with E-state index in [-0.39, 0.29) is 0 Å². The number of nitrogens with two attached hydrogens (primary N) is 1. The van der Waals surface area contributed by atoms with E-state index in [9.17, 15) is 4.79 Å². The fourth-order valence-corrected chi connectivity index (χ4v) is 1.53. The molecule has 1 aromatic rings. The highest BCUT2D eigenvalue weighted by molar-refractivity contribution is 5.75. The maximum absolute atomic E-state index is 10.6. The second-order valence-electron chi connectivity index (χ2n) is 3.34. The lowest BCUT2D eigenvalue weighted by atomic mass is 10.0. The lowest BCUT2D eigenvalue weighted by Crippen LogP contribution is -2.20. The first-order valence-corrected chi connectivity index (χ1v) is 4.36. The Morgan fingerprint density at radius 2 is 2.14 bits per heavy atom. The number of hydrogen-bond acceptors (Lipinski definition) is 3. The molecule has 0 spiro atoms. The van der Waals surface area contributed by atoms with Gasteiger partial charge in [-0.15, -0.1) is 0 Å². The summed E-state index contributed by atoms with van der Waals surface area (Å²) in [6, 6.07) is 4.48. The summed E-state index contributed by atoms with van der Waals surface area (Å²) in [6.45, 7) is 1.16. The molecule has 4 heteroatoms. The first kappa shape index (κ1) is 9.18. The zero-order valence-electron chi connectivity index (χ0n) is 7.56. The molecule has 3 N–H and O–H groups in total. The van der Waals surface area contributed by atoms with Crippen LogP contribution in [0.2, 0.25) is 0 Å². The van der Waals surface area contributed by atoms with Gasteiger partial charge in [-0.3, -0.25) is 4.79 Å². The van der Waals surface area contributed by atoms with Gasteiger partial charge in [0.05, 0.1) is 13.2 Å². The highest BCUT2D eigenvalue weighted by atomic mass is 16.5. The molecule has 1 heterocycles. The van der Waals surface area contributed by atoms with Gasteiger partial charge in [0.25, 0.3) is 0 Å². The van der Waals surface area contributed by atoms with Crippen molar-refractivity contribution in [2.24, 2.45) is 5.73 Å². The summed E-state index contributed by atoms with van der Waals surface area (Å²) in [5.74, 6) is -1.01. The van der Waals surface area contributed by atoms with Crippen molar-refractivity contribution in [3.05, 3.63) is 34.9 Å². The van der Waals surface area contributed by atoms with Crippen LogP contribution in [0.5, 0.6) is 0 Å². The topological polar surface area (TPSA) is 72.6 Å². The van der Waals surface area contributed by atoms with Crippen LogP contribution in [-0.2, 0) is 22.7 Å². The van der Waals surface area contributed by atoms with Gasteiger partial charge in [-0.25, -0.2) is 0 Å². The largest absolute Gasteiger partial charge is 0.480 e. The number of carboxylic acids is 1. The quantitative estimate of drug-likeness (QED) is 0.728. The number of rotatable bonds is 2. The van der Waals surface area contributed by atoms with Gasteiger partial charge in [0.15, 0.2) is 0 Å². The third-order valence-electron chi connectivity index (χ3n) is 2.37. The summed E-state index contributed by atoms with van der Waals surface area (Å²) in [5, 5.41) is 8.73. The van der Waals surface area contributed by atoms with E-state index in [1.165, 1.54) is 0 Å². The molecular weight excluding hydrogens is 182 g/mol. The Morgan fingerprint density at radius 1 is 1.43 bits per heavy atom. The Morgan fingerprint density at radius 3 is 2.86 bits per heavy atom. The van der Waals surface area contributed by atoms with Gasteiger partial charge in [0, 0.05) is 0 Å². The molecular formula is C10H11NO3. The number of hydrogen-bond donors (Lipinski definition) is 2. The number of fused-ring (bicyclic) bond motifs is 1. The van der Waals surface area contributed by atoms with E-state index in [4.69, 9.17) is 15.6 Å². The molecule has 0 amide bonds. The van der Waals surface area contributed by atoms with Crippen molar-refractivity contribution in [2.45, 2.75) is 19.3 Å². The molecule has 0 saturated heterocycles. The van der Waals surface area contributed by atoms with Gasteiger partial charge in [-0.05, 0) is 16.7 Å². The Labute approximate surface area is 81.3 Å². The molecule has 1 unspecified atom stereocenters. The van der Waals surface area contributed by atoms with Gasteiger partial charge >= 0.3 is 5.97 Å². The second-order valence-corrected chi connectivity index (χ2v) is 3.34. The van der Waals surface area contributed by atoms with Crippen molar-refractivity contribution < 1.29 is 14.6 Å². The van der Waals surface area contributed by atoms with E-state index in [1.54, 1.807) is 12.1 Å². The summed E-state index contributed by atoms with van der Waals surface area (Å²) in [5.41, 5.74) is 8.28. The van der Waals surface area contributed by atoms with Crippen molar-refractivity contribution in [3.8, 4) is 0 Å². The minimum Gasteiger partial charge on any atom is -0.480 e. The first-order chi connectivity index (χ1) is 6.68. The number of benzene rings is 1. The van der Waals surface area contributed by atoms with E-state index >= 15 is 0 Å². The van der Waals surface area contributed by atoms with E-state index in [0.717, 1.165) is 11.1 Å². The third-order valence-corrected chi connectivity index (χ3v) is 2.37. The molecule has 4 nitrogen and oxygen atoms in total. The highest BCUT2D eigenvalue weighted by Crippen LogP contribution is 2.23. The molecule has 0 fully saturated rings. The van der Waals surface area contributed by atoms with Crippen LogP contribution in [0.4, 0.5) is 0 Å². The lowest BCUT2D eigenvalue weighted by molar-refractivity contribution is -0.138. The van der Waals surface area contributed by atoms with Crippen molar-refractivity contribution in [1.82, 2.24) is 0 Å². The minimum atomic E-state index is -1.01. The number of ether oxygens (including phenoxy) is 1. The highest BCUT2D eigenvalue weighted by Gasteiger charge is 2.17. The standard InChI is InChI=1S/C10H11NO3/c11-9(10(12)13)6-1-2-7-4-14-5-8(7)3-6/h1-3,9H,4-5,11H2,(H,12,13). The van der Waals surface area contributed by atoms with Gasteiger partial charge in [0.2, 0.25) is 0 Å². The molecule has 0 saturated carbocycles. The SMILES string of the molecule is NC(C(=O)O)c1ccc2c(c1)COC2. The van der Waals surface area contributed by atoms with Crippen LogP contribution in [-0.4, -0.2) is 11.1 Å². The molecule has 0 aromatic heterocycles. The molecule has 0 bridgehead atoms. The van der Waals surface area contributed by atoms with Crippen LogP contribution in [0.3, 0.4) is 0 Å². The molecule has 1 aliphatic heterocycles. The molecule has 1 atom stereocenters. The molecule has 14 heavy (non-hydrogen) atoms. The average Bonchev–Trinajstić information content (AvgIpc) is 2.62. The van der Waals surface area contributed by atoms with Crippen molar-refractivity contribution in [2.75, 3.05) is 0 Å². The molecule has 0 radical (unpaired) electrons. The van der Waals surface area contributed by atoms with Gasteiger partial charge in [-0.2, -0.15) is 0 Å². The fraction of sp³-hybridized carbons (Fsp3) is 0.300. The fourth-order valence-electron chi connectivity index (χ4n) is 1.53. The van der Waals surface area contributed by atoms with Gasteiger partial charge < -0.3 is 15.6 Å². The summed E-state index contributed by atoms with van der Waals surface area (Å²) in [6.07, 6.45) is 0. The van der Waals surface area contributed by atoms with Crippen LogP contribution in [0.25, 0.3) is 0 Å². The zero-order valence-corrected chi connectivity index (χ0v) is 7.56. The van der Waals surface area contributed by atoms with Crippen molar-refractivity contribution in [1.29, 1.82) is 0 Å². The Bertz CT molecular complexity index is 376. The molecule has 1 aromatic carbocycles. The van der Waals surface area contributed by atoms with Crippen LogP contribution in [0, 0.1) is 0 Å². The molecule has 1 aliphatic rings. The molecule has 0 aliphatic carbocycles. The normalized spacial score (nSPS) is 16.4. The van der Waals surface area contributed by atoms with E-state index in [0.29, 0.717) is 18.8 Å². The Hall–Kier alpha value is -1.39. The number of carbonyl (C=O) groups is 1. The summed E-state index contributed by atoms with van der Waals surface area (Å²) < 4.78 is 5.22. The monoisotopic (exact) mass is 193 g/mol. The van der Waals surface area contributed by atoms with Gasteiger partial charge in [-0.1, -0.05) is 18.2 Å². The Balaban J connectivity index is 2.33. The summed E-state index contributed by atoms with van der Waals surface area (Å²) in [7, 11) is 0. The molecule has 2 rings (SSSR count). The predicted octanol–water partition coefficient (Wildman–Crippen LogP) is 0.801. The predicted molar refractivity (Wildman–Crippen MR) is 49.5 cm³/mol. The lowest BCUT2D eigenvalue weighted by Gasteiger charge is -2.07.